The van der Waals surface area contributed by atoms with Crippen LogP contribution in [0.2, 0.25) is 0 Å². The molecule has 29 heavy (non-hydrogen) atoms. The molecule has 4 rings (SSSR count). The average molecular weight is 386 g/mol. The molecule has 7 heteroatoms. The molecule has 0 atom stereocenters. The second kappa shape index (κ2) is 8.26. The van der Waals surface area contributed by atoms with Crippen LogP contribution in [-0.2, 0) is 6.54 Å². The lowest BCUT2D eigenvalue weighted by Crippen LogP contribution is -2.23. The van der Waals surface area contributed by atoms with E-state index in [9.17, 15) is 9.90 Å². The van der Waals surface area contributed by atoms with Crippen LogP contribution in [0.25, 0.3) is 5.69 Å². The average Bonchev–Trinajstić information content (AvgIpc) is 3.23. The minimum absolute atomic E-state index is 0.0635. The maximum atomic E-state index is 12.2. The standard InChI is InChI=1S/C22H18N4O3/c27-21-9-5-4-8-20(21)22(28)23-14-16-15-26(25-24-16)17-10-12-19(13-11-17)29-18-6-2-1-3-7-18/h1-13,15,27H,14H2,(H,23,28). The van der Waals surface area contributed by atoms with Gasteiger partial charge in [-0.05, 0) is 48.5 Å². The van der Waals surface area contributed by atoms with Gasteiger partial charge in [0.15, 0.2) is 0 Å². The van der Waals surface area contributed by atoms with Gasteiger partial charge in [0.05, 0.1) is 24.0 Å². The summed E-state index contributed by atoms with van der Waals surface area (Å²) >= 11 is 0. The number of hydrogen-bond acceptors (Lipinski definition) is 5. The van der Waals surface area contributed by atoms with Crippen molar-refractivity contribution >= 4 is 5.91 Å². The SMILES string of the molecule is O=C(NCc1cn(-c2ccc(Oc3ccccc3)cc2)nn1)c1ccccc1O. The first-order valence-corrected chi connectivity index (χ1v) is 9.00. The zero-order valence-corrected chi connectivity index (χ0v) is 15.4. The molecular formula is C22H18N4O3. The van der Waals surface area contributed by atoms with E-state index < -0.39 is 0 Å². The third-order valence-electron chi connectivity index (χ3n) is 4.20. The lowest BCUT2D eigenvalue weighted by atomic mass is 10.2. The van der Waals surface area contributed by atoms with Gasteiger partial charge in [-0.3, -0.25) is 4.79 Å². The van der Waals surface area contributed by atoms with Gasteiger partial charge >= 0.3 is 0 Å². The van der Waals surface area contributed by atoms with Gasteiger partial charge in [0.2, 0.25) is 0 Å². The number of aromatic nitrogens is 3. The summed E-state index contributed by atoms with van der Waals surface area (Å²) in [6.45, 7) is 0.197. The Morgan fingerprint density at radius 1 is 0.931 bits per heavy atom. The van der Waals surface area contributed by atoms with Gasteiger partial charge < -0.3 is 15.2 Å². The van der Waals surface area contributed by atoms with Crippen LogP contribution in [-0.4, -0.2) is 26.0 Å². The summed E-state index contributed by atoms with van der Waals surface area (Å²) in [6.07, 6.45) is 1.73. The summed E-state index contributed by atoms with van der Waals surface area (Å²) in [4.78, 5) is 12.2. The monoisotopic (exact) mass is 386 g/mol. The predicted octanol–water partition coefficient (Wildman–Crippen LogP) is 3.70. The van der Waals surface area contributed by atoms with E-state index >= 15 is 0 Å². The highest BCUT2D eigenvalue weighted by Crippen LogP contribution is 2.22. The first-order valence-electron chi connectivity index (χ1n) is 9.00. The molecule has 3 aromatic carbocycles. The van der Waals surface area contributed by atoms with E-state index in [1.807, 2.05) is 54.6 Å². The third-order valence-corrected chi connectivity index (χ3v) is 4.20. The van der Waals surface area contributed by atoms with Crippen molar-refractivity contribution in [2.24, 2.45) is 0 Å². The highest BCUT2D eigenvalue weighted by molar-refractivity contribution is 5.96. The molecule has 2 N–H and O–H groups in total. The van der Waals surface area contributed by atoms with E-state index in [2.05, 4.69) is 15.6 Å². The van der Waals surface area contributed by atoms with E-state index in [1.165, 1.54) is 6.07 Å². The van der Waals surface area contributed by atoms with Crippen LogP contribution in [0, 0.1) is 0 Å². The van der Waals surface area contributed by atoms with E-state index in [-0.39, 0.29) is 23.8 Å². The number of nitrogens with zero attached hydrogens (tertiary/aromatic N) is 3. The Labute approximate surface area is 167 Å². The Morgan fingerprint density at radius 2 is 1.62 bits per heavy atom. The second-order valence-electron chi connectivity index (χ2n) is 6.26. The van der Waals surface area contributed by atoms with E-state index in [4.69, 9.17) is 4.74 Å². The van der Waals surface area contributed by atoms with E-state index in [0.717, 1.165) is 17.2 Å². The van der Waals surface area contributed by atoms with Crippen LogP contribution in [0.1, 0.15) is 16.1 Å². The predicted molar refractivity (Wildman–Crippen MR) is 107 cm³/mol. The number of amides is 1. The molecule has 4 aromatic rings. The van der Waals surface area contributed by atoms with Crippen LogP contribution >= 0.6 is 0 Å². The third kappa shape index (κ3) is 4.41. The van der Waals surface area contributed by atoms with Crippen molar-refractivity contribution in [3.05, 3.63) is 96.3 Å². The topological polar surface area (TPSA) is 89.3 Å². The molecule has 0 saturated carbocycles. The van der Waals surface area contributed by atoms with Crippen molar-refractivity contribution in [1.29, 1.82) is 0 Å². The number of phenolic OH excluding ortho intramolecular Hbond substituents is 1. The van der Waals surface area contributed by atoms with Crippen LogP contribution in [0.5, 0.6) is 17.2 Å². The van der Waals surface area contributed by atoms with Crippen LogP contribution in [0.3, 0.4) is 0 Å². The van der Waals surface area contributed by atoms with E-state index in [0.29, 0.717) is 5.69 Å². The maximum Gasteiger partial charge on any atom is 0.255 e. The highest BCUT2D eigenvalue weighted by atomic mass is 16.5. The summed E-state index contributed by atoms with van der Waals surface area (Å²) in [6, 6.07) is 23.4. The number of benzene rings is 3. The molecule has 0 aliphatic carbocycles. The Balaban J connectivity index is 1.38. The van der Waals surface area contributed by atoms with Gasteiger partial charge in [0.1, 0.15) is 22.9 Å². The number of carbonyl (C=O) groups excluding carboxylic acids is 1. The van der Waals surface area contributed by atoms with Gasteiger partial charge in [-0.2, -0.15) is 0 Å². The zero-order valence-electron chi connectivity index (χ0n) is 15.4. The van der Waals surface area contributed by atoms with Gasteiger partial charge in [-0.1, -0.05) is 35.5 Å². The smallest absolute Gasteiger partial charge is 0.255 e. The number of para-hydroxylation sites is 2. The molecule has 0 spiro atoms. The Hall–Kier alpha value is -4.13. The highest BCUT2D eigenvalue weighted by Gasteiger charge is 2.11. The van der Waals surface area contributed by atoms with Gasteiger partial charge in [0.25, 0.3) is 5.91 Å². The molecule has 7 nitrogen and oxygen atoms in total. The number of carbonyl (C=O) groups is 1. The first-order chi connectivity index (χ1) is 14.2. The molecule has 0 saturated heterocycles. The normalized spacial score (nSPS) is 10.5. The minimum atomic E-state index is -0.375. The fourth-order valence-corrected chi connectivity index (χ4v) is 2.73. The number of nitrogens with one attached hydrogen (secondary N) is 1. The minimum Gasteiger partial charge on any atom is -0.507 e. The second-order valence-corrected chi connectivity index (χ2v) is 6.26. The molecular weight excluding hydrogens is 368 g/mol. The molecule has 1 aromatic heterocycles. The summed E-state index contributed by atoms with van der Waals surface area (Å²) < 4.78 is 7.40. The van der Waals surface area contributed by atoms with Crippen molar-refractivity contribution < 1.29 is 14.6 Å². The molecule has 0 unspecified atom stereocenters. The number of phenols is 1. The quantitative estimate of drug-likeness (QED) is 0.527. The molecule has 0 fully saturated rings. The molecule has 0 aliphatic rings. The Kier molecular flexibility index (Phi) is 5.20. The zero-order chi connectivity index (χ0) is 20.1. The Morgan fingerprint density at radius 3 is 2.38 bits per heavy atom. The molecule has 144 valence electrons. The molecule has 0 bridgehead atoms. The largest absolute Gasteiger partial charge is 0.507 e. The Bertz CT molecular complexity index is 1110. The van der Waals surface area contributed by atoms with Crippen molar-refractivity contribution in [3.63, 3.8) is 0 Å². The number of hydrogen-bond donors (Lipinski definition) is 2. The molecule has 1 amide bonds. The van der Waals surface area contributed by atoms with Crippen molar-refractivity contribution in [2.45, 2.75) is 6.54 Å². The molecule has 0 aliphatic heterocycles. The maximum absolute atomic E-state index is 12.2. The lowest BCUT2D eigenvalue weighted by molar-refractivity contribution is 0.0947. The fourth-order valence-electron chi connectivity index (χ4n) is 2.73. The number of aromatic hydroxyl groups is 1. The number of rotatable bonds is 6. The van der Waals surface area contributed by atoms with Crippen molar-refractivity contribution in [2.75, 3.05) is 0 Å². The fraction of sp³-hybridized carbons (Fsp3) is 0.0455. The van der Waals surface area contributed by atoms with Crippen LogP contribution in [0.4, 0.5) is 0 Å². The lowest BCUT2D eigenvalue weighted by Gasteiger charge is -2.06. The summed E-state index contributed by atoms with van der Waals surface area (Å²) in [5.41, 5.74) is 1.63. The van der Waals surface area contributed by atoms with Crippen LogP contribution < -0.4 is 10.1 Å². The molecule has 1 heterocycles. The van der Waals surface area contributed by atoms with Gasteiger partial charge in [-0.25, -0.2) is 4.68 Å². The van der Waals surface area contributed by atoms with Crippen LogP contribution in [0.15, 0.2) is 85.1 Å². The van der Waals surface area contributed by atoms with Crippen molar-refractivity contribution in [3.8, 4) is 22.9 Å². The summed E-state index contributed by atoms with van der Waals surface area (Å²) in [5.74, 6) is 1.05. The first kappa shape index (κ1) is 18.2. The summed E-state index contributed by atoms with van der Waals surface area (Å²) in [5, 5.41) is 20.6. The van der Waals surface area contributed by atoms with Gasteiger partial charge in [-0.15, -0.1) is 5.10 Å². The van der Waals surface area contributed by atoms with E-state index in [1.54, 1.807) is 29.1 Å². The molecule has 0 radical (unpaired) electrons. The van der Waals surface area contributed by atoms with Gasteiger partial charge in [0, 0.05) is 0 Å². The van der Waals surface area contributed by atoms with Crippen molar-refractivity contribution in [1.82, 2.24) is 20.3 Å². The number of ether oxygens (including phenoxy) is 1. The summed E-state index contributed by atoms with van der Waals surface area (Å²) in [7, 11) is 0.